The third kappa shape index (κ3) is 6.83. The van der Waals surface area contributed by atoms with Crippen LogP contribution in [-0.4, -0.2) is 0 Å². The van der Waals surface area contributed by atoms with E-state index in [9.17, 15) is 4.39 Å². The zero-order valence-corrected chi connectivity index (χ0v) is 19.8. The third-order valence-electron chi connectivity index (χ3n) is 8.60. The van der Waals surface area contributed by atoms with Crippen LogP contribution < -0.4 is 0 Å². The van der Waals surface area contributed by atoms with Gasteiger partial charge in [-0.3, -0.25) is 0 Å². The number of rotatable bonds is 12. The van der Waals surface area contributed by atoms with Gasteiger partial charge in [-0.25, -0.2) is 4.39 Å². The molecule has 0 unspecified atom stereocenters. The Morgan fingerprint density at radius 2 is 1.17 bits per heavy atom. The van der Waals surface area contributed by atoms with Crippen molar-refractivity contribution < 1.29 is 4.39 Å². The van der Waals surface area contributed by atoms with Gasteiger partial charge in [0.05, 0.1) is 0 Å². The summed E-state index contributed by atoms with van der Waals surface area (Å²) in [6.07, 6.45) is 28.2. The van der Waals surface area contributed by atoms with E-state index in [1.54, 1.807) is 12.1 Å². The van der Waals surface area contributed by atoms with Gasteiger partial charge in [0, 0.05) is 0 Å². The second kappa shape index (κ2) is 12.3. The lowest BCUT2D eigenvalue weighted by molar-refractivity contribution is 0.144. The Hall–Kier alpha value is -0.850. The maximum absolute atomic E-state index is 13.5. The van der Waals surface area contributed by atoms with Crippen LogP contribution in [0.4, 0.5) is 4.39 Å². The van der Waals surface area contributed by atoms with E-state index >= 15 is 0 Å². The molecule has 0 spiro atoms. The number of halogens is 1. The van der Waals surface area contributed by atoms with Crippen LogP contribution in [0.15, 0.2) is 24.3 Å². The van der Waals surface area contributed by atoms with Gasteiger partial charge in [-0.15, -0.1) is 0 Å². The first-order valence-electron chi connectivity index (χ1n) is 13.4. The van der Waals surface area contributed by atoms with Crippen LogP contribution in [0.1, 0.15) is 141 Å². The molecule has 0 radical (unpaired) electrons. The second-order valence-electron chi connectivity index (χ2n) is 10.8. The minimum atomic E-state index is -0.0945. The zero-order chi connectivity index (χ0) is 21.1. The molecule has 2 fully saturated rings. The lowest BCUT2D eigenvalue weighted by atomic mass is 9.65. The van der Waals surface area contributed by atoms with Gasteiger partial charge < -0.3 is 0 Å². The SMILES string of the molecule is CCCCCCCC1(CCCCC2(c3ccc(F)cc3)CCCCC2)CCCCC1. The molecule has 0 atom stereocenters. The van der Waals surface area contributed by atoms with E-state index in [-0.39, 0.29) is 5.82 Å². The average Bonchev–Trinajstić information content (AvgIpc) is 2.78. The molecular formula is C29H47F. The summed E-state index contributed by atoms with van der Waals surface area (Å²) < 4.78 is 13.5. The van der Waals surface area contributed by atoms with Gasteiger partial charge in [0.15, 0.2) is 0 Å². The lowest BCUT2D eigenvalue weighted by Crippen LogP contribution is -2.29. The Balaban J connectivity index is 1.52. The second-order valence-corrected chi connectivity index (χ2v) is 10.8. The van der Waals surface area contributed by atoms with Crippen molar-refractivity contribution >= 4 is 0 Å². The topological polar surface area (TPSA) is 0 Å². The van der Waals surface area contributed by atoms with Gasteiger partial charge in [0.2, 0.25) is 0 Å². The summed E-state index contributed by atoms with van der Waals surface area (Å²) in [5.41, 5.74) is 2.40. The van der Waals surface area contributed by atoms with Crippen molar-refractivity contribution in [1.82, 2.24) is 0 Å². The van der Waals surface area contributed by atoms with Crippen molar-refractivity contribution in [2.45, 2.75) is 141 Å². The molecule has 0 amide bonds. The highest BCUT2D eigenvalue weighted by Crippen LogP contribution is 2.47. The molecule has 0 nitrogen and oxygen atoms in total. The van der Waals surface area contributed by atoms with Crippen molar-refractivity contribution in [3.05, 3.63) is 35.6 Å². The molecule has 170 valence electrons. The normalized spacial score (nSPS) is 20.9. The molecule has 0 heterocycles. The van der Waals surface area contributed by atoms with Gasteiger partial charge in [0.25, 0.3) is 0 Å². The number of benzene rings is 1. The zero-order valence-electron chi connectivity index (χ0n) is 19.8. The van der Waals surface area contributed by atoms with Crippen LogP contribution in [0.25, 0.3) is 0 Å². The fraction of sp³-hybridized carbons (Fsp3) is 0.793. The molecule has 2 aliphatic rings. The van der Waals surface area contributed by atoms with Crippen LogP contribution in [0, 0.1) is 11.2 Å². The fourth-order valence-electron chi connectivity index (χ4n) is 6.71. The van der Waals surface area contributed by atoms with Crippen LogP contribution in [0.2, 0.25) is 0 Å². The minimum Gasteiger partial charge on any atom is -0.207 e. The smallest absolute Gasteiger partial charge is 0.123 e. The summed E-state index contributed by atoms with van der Waals surface area (Å²) in [6.45, 7) is 2.31. The maximum atomic E-state index is 13.5. The van der Waals surface area contributed by atoms with Crippen molar-refractivity contribution in [3.8, 4) is 0 Å². The van der Waals surface area contributed by atoms with Gasteiger partial charge in [-0.05, 0) is 73.5 Å². The highest BCUT2D eigenvalue weighted by molar-refractivity contribution is 5.26. The van der Waals surface area contributed by atoms with Gasteiger partial charge in [-0.1, -0.05) is 103 Å². The molecule has 0 aromatic heterocycles. The van der Waals surface area contributed by atoms with Crippen molar-refractivity contribution in [1.29, 1.82) is 0 Å². The summed E-state index contributed by atoms with van der Waals surface area (Å²) in [4.78, 5) is 0. The van der Waals surface area contributed by atoms with Gasteiger partial charge >= 0.3 is 0 Å². The molecule has 2 saturated carbocycles. The Morgan fingerprint density at radius 3 is 1.80 bits per heavy atom. The third-order valence-corrected chi connectivity index (χ3v) is 8.60. The summed E-state index contributed by atoms with van der Waals surface area (Å²) in [5, 5.41) is 0. The van der Waals surface area contributed by atoms with E-state index < -0.39 is 0 Å². The van der Waals surface area contributed by atoms with E-state index in [0.29, 0.717) is 10.8 Å². The molecule has 0 N–H and O–H groups in total. The molecule has 3 rings (SSSR count). The largest absolute Gasteiger partial charge is 0.207 e. The van der Waals surface area contributed by atoms with Gasteiger partial charge in [0.1, 0.15) is 5.82 Å². The molecule has 0 bridgehead atoms. The Bertz CT molecular complexity index is 575. The fourth-order valence-corrected chi connectivity index (χ4v) is 6.71. The first-order valence-corrected chi connectivity index (χ1v) is 13.4. The number of hydrogen-bond donors (Lipinski definition) is 0. The Kier molecular flexibility index (Phi) is 9.72. The summed E-state index contributed by atoms with van der Waals surface area (Å²) in [6, 6.07) is 7.53. The molecule has 30 heavy (non-hydrogen) atoms. The Morgan fingerprint density at radius 1 is 0.633 bits per heavy atom. The first kappa shape index (κ1) is 23.8. The number of unbranched alkanes of at least 4 members (excludes halogenated alkanes) is 5. The average molecular weight is 415 g/mol. The van der Waals surface area contributed by atoms with Crippen molar-refractivity contribution in [2.24, 2.45) is 5.41 Å². The van der Waals surface area contributed by atoms with E-state index in [1.165, 1.54) is 134 Å². The minimum absolute atomic E-state index is 0.0945. The summed E-state index contributed by atoms with van der Waals surface area (Å²) in [5.74, 6) is -0.0945. The molecule has 1 heteroatoms. The van der Waals surface area contributed by atoms with E-state index in [4.69, 9.17) is 0 Å². The van der Waals surface area contributed by atoms with E-state index in [2.05, 4.69) is 19.1 Å². The molecule has 1 aromatic rings. The van der Waals surface area contributed by atoms with Crippen molar-refractivity contribution in [2.75, 3.05) is 0 Å². The summed E-state index contributed by atoms with van der Waals surface area (Å²) in [7, 11) is 0. The monoisotopic (exact) mass is 414 g/mol. The molecule has 2 aliphatic carbocycles. The van der Waals surface area contributed by atoms with Crippen LogP contribution in [-0.2, 0) is 5.41 Å². The molecule has 0 aliphatic heterocycles. The van der Waals surface area contributed by atoms with Crippen LogP contribution >= 0.6 is 0 Å². The molecular weight excluding hydrogens is 367 g/mol. The lowest BCUT2D eigenvalue weighted by Gasteiger charge is -2.40. The van der Waals surface area contributed by atoms with Crippen LogP contribution in [0.3, 0.4) is 0 Å². The molecule has 0 saturated heterocycles. The molecule has 1 aromatic carbocycles. The van der Waals surface area contributed by atoms with Gasteiger partial charge in [-0.2, -0.15) is 0 Å². The quantitative estimate of drug-likeness (QED) is 0.298. The maximum Gasteiger partial charge on any atom is 0.123 e. The Labute approximate surface area is 186 Å². The van der Waals surface area contributed by atoms with Crippen LogP contribution in [0.5, 0.6) is 0 Å². The highest BCUT2D eigenvalue weighted by atomic mass is 19.1. The predicted molar refractivity (Wildman–Crippen MR) is 129 cm³/mol. The summed E-state index contributed by atoms with van der Waals surface area (Å²) >= 11 is 0. The highest BCUT2D eigenvalue weighted by Gasteiger charge is 2.34. The first-order chi connectivity index (χ1) is 14.7. The van der Waals surface area contributed by atoms with E-state index in [0.717, 1.165) is 0 Å². The van der Waals surface area contributed by atoms with Crippen molar-refractivity contribution in [3.63, 3.8) is 0 Å². The number of hydrogen-bond acceptors (Lipinski definition) is 0. The predicted octanol–water partition coefficient (Wildman–Crippen LogP) is 9.90. The van der Waals surface area contributed by atoms with E-state index in [1.807, 2.05) is 0 Å². The standard InChI is InChI=1S/C29H47F/c1-2-3-4-5-8-19-28(20-9-6-10-21-28)22-13-14-25-29(23-11-7-12-24-29)26-15-17-27(30)18-16-26/h15-18H,2-14,19-25H2,1H3.